The van der Waals surface area contributed by atoms with Gasteiger partial charge in [0.2, 0.25) is 0 Å². The SMILES string of the molecule is CC1(C)C(=O)C(C#N)=C[C@@]2(C)C[C@@H](O)CC[C@H]12. The molecule has 3 heteroatoms. The van der Waals surface area contributed by atoms with Crippen molar-refractivity contribution in [3.63, 3.8) is 0 Å². The van der Waals surface area contributed by atoms with Crippen LogP contribution in [-0.2, 0) is 4.79 Å². The Morgan fingerprint density at radius 1 is 1.41 bits per heavy atom. The van der Waals surface area contributed by atoms with Crippen LogP contribution in [0, 0.1) is 28.1 Å². The van der Waals surface area contributed by atoms with Gasteiger partial charge >= 0.3 is 0 Å². The van der Waals surface area contributed by atoms with Crippen LogP contribution in [0.5, 0.6) is 0 Å². The van der Waals surface area contributed by atoms with Gasteiger partial charge in [-0.1, -0.05) is 26.8 Å². The van der Waals surface area contributed by atoms with Gasteiger partial charge in [0.1, 0.15) is 6.07 Å². The van der Waals surface area contributed by atoms with Crippen molar-refractivity contribution in [3.05, 3.63) is 11.6 Å². The van der Waals surface area contributed by atoms with E-state index in [1.165, 1.54) is 0 Å². The number of hydrogen-bond donors (Lipinski definition) is 1. The largest absolute Gasteiger partial charge is 0.393 e. The Labute approximate surface area is 102 Å². The number of aliphatic hydroxyl groups is 1. The minimum atomic E-state index is -0.491. The van der Waals surface area contributed by atoms with E-state index in [0.717, 1.165) is 12.8 Å². The van der Waals surface area contributed by atoms with Gasteiger partial charge in [0, 0.05) is 5.41 Å². The second-order valence-electron chi connectivity index (χ2n) is 6.21. The van der Waals surface area contributed by atoms with E-state index in [2.05, 4.69) is 6.92 Å². The lowest BCUT2D eigenvalue weighted by Crippen LogP contribution is -2.50. The van der Waals surface area contributed by atoms with Gasteiger partial charge in [-0.15, -0.1) is 0 Å². The van der Waals surface area contributed by atoms with Crippen LogP contribution in [0.4, 0.5) is 0 Å². The number of Topliss-reactive ketones (excluding diaryl/α,β-unsaturated/α-hetero) is 1. The molecule has 0 spiro atoms. The molecule has 0 radical (unpaired) electrons. The number of aliphatic hydroxyl groups excluding tert-OH is 1. The van der Waals surface area contributed by atoms with Gasteiger partial charge in [0.05, 0.1) is 11.7 Å². The van der Waals surface area contributed by atoms with Gasteiger partial charge in [-0.25, -0.2) is 0 Å². The molecule has 1 saturated carbocycles. The summed E-state index contributed by atoms with van der Waals surface area (Å²) < 4.78 is 0. The lowest BCUT2D eigenvalue weighted by atomic mass is 9.52. The third-order valence-electron chi connectivity index (χ3n) is 4.56. The van der Waals surface area contributed by atoms with Crippen molar-refractivity contribution in [2.45, 2.75) is 46.1 Å². The smallest absolute Gasteiger partial charge is 0.178 e. The molecule has 0 amide bonds. The van der Waals surface area contributed by atoms with Crippen molar-refractivity contribution in [1.29, 1.82) is 5.26 Å². The molecule has 3 nitrogen and oxygen atoms in total. The molecule has 0 bridgehead atoms. The summed E-state index contributed by atoms with van der Waals surface area (Å²) in [4.78, 5) is 12.2. The quantitative estimate of drug-likeness (QED) is 0.697. The molecule has 1 fully saturated rings. The van der Waals surface area contributed by atoms with Crippen molar-refractivity contribution in [2.24, 2.45) is 16.7 Å². The number of allylic oxidation sites excluding steroid dienone is 2. The fourth-order valence-electron chi connectivity index (χ4n) is 3.77. The van der Waals surface area contributed by atoms with E-state index < -0.39 is 5.41 Å². The van der Waals surface area contributed by atoms with Crippen LogP contribution >= 0.6 is 0 Å². The van der Waals surface area contributed by atoms with E-state index >= 15 is 0 Å². The third kappa shape index (κ3) is 1.71. The Hall–Kier alpha value is -1.14. The van der Waals surface area contributed by atoms with Crippen molar-refractivity contribution < 1.29 is 9.90 Å². The molecule has 2 rings (SSSR count). The Morgan fingerprint density at radius 3 is 2.65 bits per heavy atom. The van der Waals surface area contributed by atoms with Crippen LogP contribution in [0.1, 0.15) is 40.0 Å². The van der Waals surface area contributed by atoms with E-state index in [0.29, 0.717) is 6.42 Å². The van der Waals surface area contributed by atoms with Gasteiger partial charge in [-0.3, -0.25) is 4.79 Å². The molecule has 92 valence electrons. The lowest BCUT2D eigenvalue weighted by molar-refractivity contribution is -0.132. The molecule has 0 aliphatic heterocycles. The molecule has 0 aromatic carbocycles. The highest BCUT2D eigenvalue weighted by molar-refractivity contribution is 6.04. The maximum Gasteiger partial charge on any atom is 0.178 e. The molecular weight excluding hydrogens is 214 g/mol. The average Bonchev–Trinajstić information content (AvgIpc) is 2.23. The zero-order valence-electron chi connectivity index (χ0n) is 10.7. The van der Waals surface area contributed by atoms with Crippen molar-refractivity contribution in [1.82, 2.24) is 0 Å². The standard InChI is InChI=1S/C14H19NO2/c1-13(2)11-5-4-10(16)7-14(11,3)6-9(8-15)12(13)17/h6,10-11,16H,4-5,7H2,1-3H3/t10-,11+,14-/m0/s1. The summed E-state index contributed by atoms with van der Waals surface area (Å²) in [6.07, 6.45) is 3.75. The first-order valence-electron chi connectivity index (χ1n) is 6.17. The van der Waals surface area contributed by atoms with Gasteiger partial charge < -0.3 is 5.11 Å². The van der Waals surface area contributed by atoms with Gasteiger partial charge in [0.15, 0.2) is 5.78 Å². The summed E-state index contributed by atoms with van der Waals surface area (Å²) in [7, 11) is 0. The fourth-order valence-corrected chi connectivity index (χ4v) is 3.77. The minimum Gasteiger partial charge on any atom is -0.393 e. The molecular formula is C14H19NO2. The Morgan fingerprint density at radius 2 is 2.06 bits per heavy atom. The lowest BCUT2D eigenvalue weighted by Gasteiger charge is -2.51. The zero-order valence-corrected chi connectivity index (χ0v) is 10.7. The number of rotatable bonds is 0. The van der Waals surface area contributed by atoms with E-state index in [9.17, 15) is 9.90 Å². The van der Waals surface area contributed by atoms with Crippen LogP contribution in [0.3, 0.4) is 0 Å². The number of hydrogen-bond acceptors (Lipinski definition) is 3. The molecule has 0 aromatic heterocycles. The highest BCUT2D eigenvalue weighted by atomic mass is 16.3. The fraction of sp³-hybridized carbons (Fsp3) is 0.714. The minimum absolute atomic E-state index is 0.0427. The molecule has 3 atom stereocenters. The Kier molecular flexibility index (Phi) is 2.67. The zero-order chi connectivity index (χ0) is 12.8. The molecule has 2 aliphatic rings. The second-order valence-corrected chi connectivity index (χ2v) is 6.21. The Balaban J connectivity index is 2.51. The van der Waals surface area contributed by atoms with Crippen LogP contribution in [0.15, 0.2) is 11.6 Å². The monoisotopic (exact) mass is 233 g/mol. The number of carbonyl (C=O) groups is 1. The first kappa shape index (κ1) is 12.3. The van der Waals surface area contributed by atoms with E-state index in [1.807, 2.05) is 19.9 Å². The van der Waals surface area contributed by atoms with Gasteiger partial charge in [0.25, 0.3) is 0 Å². The molecule has 0 heterocycles. The summed E-state index contributed by atoms with van der Waals surface area (Å²) in [5, 5.41) is 18.9. The Bertz CT molecular complexity index is 430. The molecule has 0 unspecified atom stereocenters. The first-order valence-corrected chi connectivity index (χ1v) is 6.17. The number of nitrogens with zero attached hydrogens (tertiary/aromatic N) is 1. The van der Waals surface area contributed by atoms with Gasteiger partial charge in [-0.05, 0) is 30.6 Å². The van der Waals surface area contributed by atoms with Crippen LogP contribution < -0.4 is 0 Å². The highest BCUT2D eigenvalue weighted by Gasteiger charge is 2.53. The number of ketones is 1. The molecule has 17 heavy (non-hydrogen) atoms. The third-order valence-corrected chi connectivity index (χ3v) is 4.56. The number of carbonyl (C=O) groups excluding carboxylic acids is 1. The summed E-state index contributed by atoms with van der Waals surface area (Å²) >= 11 is 0. The van der Waals surface area contributed by atoms with E-state index in [1.54, 1.807) is 6.08 Å². The predicted octanol–water partition coefficient (Wildman–Crippen LogP) is 2.21. The number of fused-ring (bicyclic) bond motifs is 1. The normalized spacial score (nSPS) is 40.2. The van der Waals surface area contributed by atoms with Crippen molar-refractivity contribution in [3.8, 4) is 6.07 Å². The molecule has 0 aromatic rings. The molecule has 0 saturated heterocycles. The summed E-state index contributed by atoms with van der Waals surface area (Å²) in [6.45, 7) is 5.92. The predicted molar refractivity (Wildman–Crippen MR) is 63.9 cm³/mol. The topological polar surface area (TPSA) is 61.1 Å². The summed E-state index contributed by atoms with van der Waals surface area (Å²) in [5.41, 5.74) is -0.447. The second kappa shape index (κ2) is 3.68. The molecule has 1 N–H and O–H groups in total. The maximum atomic E-state index is 12.2. The molecule has 2 aliphatic carbocycles. The summed E-state index contributed by atoms with van der Waals surface area (Å²) in [6, 6.07) is 2.01. The van der Waals surface area contributed by atoms with E-state index in [-0.39, 0.29) is 28.8 Å². The van der Waals surface area contributed by atoms with Crippen molar-refractivity contribution >= 4 is 5.78 Å². The first-order chi connectivity index (χ1) is 7.81. The van der Waals surface area contributed by atoms with Crippen LogP contribution in [-0.4, -0.2) is 17.0 Å². The van der Waals surface area contributed by atoms with E-state index in [4.69, 9.17) is 5.26 Å². The van der Waals surface area contributed by atoms with Crippen LogP contribution in [0.25, 0.3) is 0 Å². The van der Waals surface area contributed by atoms with Crippen LogP contribution in [0.2, 0.25) is 0 Å². The number of nitriles is 1. The average molecular weight is 233 g/mol. The summed E-state index contributed by atoms with van der Waals surface area (Å²) in [5.74, 6) is 0.182. The maximum absolute atomic E-state index is 12.2. The highest BCUT2D eigenvalue weighted by Crippen LogP contribution is 2.54. The van der Waals surface area contributed by atoms with Crippen molar-refractivity contribution in [2.75, 3.05) is 0 Å². The van der Waals surface area contributed by atoms with Gasteiger partial charge in [-0.2, -0.15) is 5.26 Å².